The van der Waals surface area contributed by atoms with Crippen molar-refractivity contribution in [1.29, 1.82) is 0 Å². The first-order valence-electron chi connectivity index (χ1n) is 23.0. The van der Waals surface area contributed by atoms with Gasteiger partial charge in [-0.25, -0.2) is 9.36 Å². The number of rotatable bonds is 6. The maximum absolute atomic E-state index is 6.64. The molecular weight excluding hydrogens is 870 g/mol. The Morgan fingerprint density at radius 3 is 1.28 bits per heavy atom. The molecule has 11 heteroatoms. The van der Waals surface area contributed by atoms with Crippen molar-refractivity contribution in [3.63, 3.8) is 0 Å². The Balaban J connectivity index is 0.787. The Labute approximate surface area is 401 Å². The molecule has 8 aromatic carbocycles. The van der Waals surface area contributed by atoms with Gasteiger partial charge in [0, 0.05) is 39.3 Å². The highest BCUT2D eigenvalue weighted by atomic mass is 32.1. The molecule has 0 radical (unpaired) electrons. The van der Waals surface area contributed by atoms with Crippen molar-refractivity contribution in [3.05, 3.63) is 206 Å². The summed E-state index contributed by atoms with van der Waals surface area (Å²) in [5.74, 6) is 6.58. The van der Waals surface area contributed by atoms with Gasteiger partial charge in [-0.3, -0.25) is 0 Å². The Bertz CT molecular complexity index is 3620. The number of ether oxygens (including phenoxy) is 4. The van der Waals surface area contributed by atoms with Crippen LogP contribution in [0.3, 0.4) is 0 Å². The fourth-order valence-electron chi connectivity index (χ4n) is 10.6. The lowest BCUT2D eigenvalue weighted by Gasteiger charge is -2.33. The molecule has 69 heavy (non-hydrogen) atoms. The first-order chi connectivity index (χ1) is 34.1. The fraction of sp³-hybridized carbons (Fsp3) is 0. The summed E-state index contributed by atoms with van der Waals surface area (Å²) in [6.45, 7) is -0.218. The SMILES string of the molecule is c1ccc(-c2cnn(-c3ccc4c(c3)B3c5cc(-c6csc(-c7ccc8c(c7)B7c9cc(-n%10cc(-c%11ccccc%11)cn%10)ccc9Oc9cccc(c97)O8)c6)ccc5Oc5cccc(c53)O4)c2)cc1. The average Bonchev–Trinajstić information content (AvgIpc) is 4.22. The first-order valence-corrected chi connectivity index (χ1v) is 23.8. The van der Waals surface area contributed by atoms with Crippen LogP contribution in [0.2, 0.25) is 0 Å². The predicted octanol–water partition coefficient (Wildman–Crippen LogP) is 10.2. The molecular formula is C58H34B2N4O4S. The van der Waals surface area contributed by atoms with Crippen LogP contribution in [0.15, 0.2) is 206 Å². The van der Waals surface area contributed by atoms with Crippen molar-refractivity contribution in [1.82, 2.24) is 19.6 Å². The number of fused-ring (bicyclic) bond motifs is 8. The van der Waals surface area contributed by atoms with E-state index in [1.807, 2.05) is 94.6 Å². The van der Waals surface area contributed by atoms with Crippen LogP contribution in [0, 0.1) is 0 Å². The van der Waals surface area contributed by atoms with E-state index in [9.17, 15) is 0 Å². The Hall–Kier alpha value is -8.79. The van der Waals surface area contributed by atoms with E-state index in [0.29, 0.717) is 0 Å². The van der Waals surface area contributed by atoms with Crippen LogP contribution in [0.1, 0.15) is 0 Å². The summed E-state index contributed by atoms with van der Waals surface area (Å²) in [7, 11) is 0. The third kappa shape index (κ3) is 6.10. The number of benzene rings is 8. The quantitative estimate of drug-likeness (QED) is 0.155. The summed E-state index contributed by atoms with van der Waals surface area (Å²) < 4.78 is 30.3. The summed E-state index contributed by atoms with van der Waals surface area (Å²) in [6, 6.07) is 61.0. The van der Waals surface area contributed by atoms with E-state index in [0.717, 1.165) is 134 Å². The summed E-state index contributed by atoms with van der Waals surface area (Å²) in [6.07, 6.45) is 8.00. The molecule has 0 amide bonds. The van der Waals surface area contributed by atoms with Crippen LogP contribution in [-0.4, -0.2) is 33.0 Å². The van der Waals surface area contributed by atoms with Gasteiger partial charge in [0.15, 0.2) is 0 Å². The monoisotopic (exact) mass is 904 g/mol. The molecule has 11 aromatic rings. The molecule has 322 valence electrons. The van der Waals surface area contributed by atoms with Crippen molar-refractivity contribution in [3.8, 4) is 101 Å². The normalized spacial score (nSPS) is 13.0. The fourth-order valence-corrected chi connectivity index (χ4v) is 11.5. The van der Waals surface area contributed by atoms with Gasteiger partial charge >= 0.3 is 0 Å². The Kier molecular flexibility index (Phi) is 8.25. The number of thiophene rings is 1. The Morgan fingerprint density at radius 1 is 0.348 bits per heavy atom. The van der Waals surface area contributed by atoms with E-state index in [2.05, 4.69) is 121 Å². The van der Waals surface area contributed by atoms with Crippen LogP contribution in [0.5, 0.6) is 46.0 Å². The van der Waals surface area contributed by atoms with Crippen molar-refractivity contribution in [2.45, 2.75) is 0 Å². The molecule has 4 aliphatic rings. The molecule has 15 rings (SSSR count). The van der Waals surface area contributed by atoms with E-state index in [1.165, 1.54) is 0 Å². The molecule has 7 heterocycles. The van der Waals surface area contributed by atoms with Crippen LogP contribution >= 0.6 is 11.3 Å². The van der Waals surface area contributed by atoms with E-state index in [-0.39, 0.29) is 13.4 Å². The molecule has 0 atom stereocenters. The zero-order valence-corrected chi connectivity index (χ0v) is 37.4. The van der Waals surface area contributed by atoms with Gasteiger partial charge in [-0.05, 0) is 140 Å². The van der Waals surface area contributed by atoms with E-state index in [1.54, 1.807) is 11.3 Å². The predicted molar refractivity (Wildman–Crippen MR) is 276 cm³/mol. The molecule has 0 unspecified atom stereocenters. The highest BCUT2D eigenvalue weighted by molar-refractivity contribution is 7.14. The topological polar surface area (TPSA) is 72.6 Å². The van der Waals surface area contributed by atoms with E-state index >= 15 is 0 Å². The number of hydrogen-bond acceptors (Lipinski definition) is 7. The zero-order chi connectivity index (χ0) is 45.2. The maximum Gasteiger partial charge on any atom is 0.260 e. The first kappa shape index (κ1) is 38.3. The smallest absolute Gasteiger partial charge is 0.260 e. The molecule has 0 aliphatic carbocycles. The lowest BCUT2D eigenvalue weighted by Crippen LogP contribution is -2.57. The lowest BCUT2D eigenvalue weighted by molar-refractivity contribution is 0.464. The minimum Gasteiger partial charge on any atom is -0.458 e. The maximum atomic E-state index is 6.64. The number of aromatic nitrogens is 4. The summed E-state index contributed by atoms with van der Waals surface area (Å²) in [5.41, 5.74) is 16.1. The lowest BCUT2D eigenvalue weighted by atomic mass is 9.34. The molecule has 3 aromatic heterocycles. The molecule has 0 saturated heterocycles. The summed E-state index contributed by atoms with van der Waals surface area (Å²) in [5, 5.41) is 11.8. The van der Waals surface area contributed by atoms with Crippen LogP contribution in [0.4, 0.5) is 0 Å². The number of nitrogens with zero attached hydrogens (tertiary/aromatic N) is 4. The third-order valence-electron chi connectivity index (χ3n) is 13.9. The molecule has 8 nitrogen and oxygen atoms in total. The van der Waals surface area contributed by atoms with Crippen LogP contribution in [-0.2, 0) is 0 Å². The van der Waals surface area contributed by atoms with E-state index in [4.69, 9.17) is 29.1 Å². The minimum absolute atomic E-state index is 0.109. The van der Waals surface area contributed by atoms with Crippen molar-refractivity contribution >= 4 is 57.5 Å². The second kappa shape index (κ2) is 14.9. The highest BCUT2D eigenvalue weighted by Gasteiger charge is 2.42. The standard InChI is InChI=1S/C58H34B2N4O4S/c1-3-9-35(10-4-1)40-30-61-63(32-40)42-19-23-50-46(28-42)59-44-25-37(17-21-48(44)65-52-13-7-15-54(67-50)57(52)59)39-27-56(69-34-39)38-18-22-49-45(26-38)60-47-29-43(64-33-41(31-62-64)36-11-5-2-6-12-36)20-24-51(47)68-55-16-8-14-53(66-49)58(55)60/h1-34H. The largest absolute Gasteiger partial charge is 0.458 e. The van der Waals surface area contributed by atoms with Gasteiger partial charge < -0.3 is 18.9 Å². The van der Waals surface area contributed by atoms with Gasteiger partial charge in [0.2, 0.25) is 0 Å². The third-order valence-corrected chi connectivity index (χ3v) is 14.9. The molecule has 0 N–H and O–H groups in total. The zero-order valence-electron chi connectivity index (χ0n) is 36.6. The van der Waals surface area contributed by atoms with Gasteiger partial charge in [-0.15, -0.1) is 11.3 Å². The van der Waals surface area contributed by atoms with Gasteiger partial charge in [-0.1, -0.05) is 91.0 Å². The second-order valence-corrected chi connectivity index (χ2v) is 18.7. The van der Waals surface area contributed by atoms with Crippen LogP contribution < -0.4 is 51.7 Å². The number of hydrogen-bond donors (Lipinski definition) is 0. The van der Waals surface area contributed by atoms with Gasteiger partial charge in [-0.2, -0.15) is 10.2 Å². The average molecular weight is 905 g/mol. The Morgan fingerprint density at radius 2 is 0.783 bits per heavy atom. The minimum atomic E-state index is -0.110. The van der Waals surface area contributed by atoms with Crippen molar-refractivity contribution in [2.24, 2.45) is 0 Å². The molecule has 0 spiro atoms. The highest BCUT2D eigenvalue weighted by Crippen LogP contribution is 2.40. The van der Waals surface area contributed by atoms with E-state index < -0.39 is 0 Å². The second-order valence-electron chi connectivity index (χ2n) is 17.8. The van der Waals surface area contributed by atoms with Crippen molar-refractivity contribution in [2.75, 3.05) is 0 Å². The van der Waals surface area contributed by atoms with Gasteiger partial charge in [0.1, 0.15) is 46.0 Å². The van der Waals surface area contributed by atoms with Gasteiger partial charge in [0.25, 0.3) is 13.4 Å². The van der Waals surface area contributed by atoms with Crippen LogP contribution in [0.25, 0.3) is 55.2 Å². The summed E-state index contributed by atoms with van der Waals surface area (Å²) in [4.78, 5) is 1.16. The summed E-state index contributed by atoms with van der Waals surface area (Å²) >= 11 is 1.74. The van der Waals surface area contributed by atoms with Crippen molar-refractivity contribution < 1.29 is 18.9 Å². The molecule has 4 aliphatic heterocycles. The molecule has 0 bridgehead atoms. The van der Waals surface area contributed by atoms with Gasteiger partial charge in [0.05, 0.1) is 23.8 Å². The molecule has 0 saturated carbocycles. The molecule has 0 fully saturated rings.